The minimum absolute atomic E-state index is 0.0184. The molecule has 0 radical (unpaired) electrons. The highest BCUT2D eigenvalue weighted by molar-refractivity contribution is 5.59. The summed E-state index contributed by atoms with van der Waals surface area (Å²) in [5, 5.41) is 13.5. The molecule has 3 aromatic rings. The molecule has 0 unspecified atom stereocenters. The number of aliphatic hydroxyl groups excluding tert-OH is 1. The molecular formula is C22H25N3O4. The van der Waals surface area contributed by atoms with E-state index in [4.69, 9.17) is 19.3 Å². The molecule has 152 valence electrons. The first kappa shape index (κ1) is 19.3. The van der Waals surface area contributed by atoms with E-state index in [1.54, 1.807) is 11.8 Å². The van der Waals surface area contributed by atoms with Gasteiger partial charge >= 0.3 is 6.01 Å². The molecule has 2 aromatic carbocycles. The van der Waals surface area contributed by atoms with Crippen molar-refractivity contribution in [3.63, 3.8) is 0 Å². The summed E-state index contributed by atoms with van der Waals surface area (Å²) in [6, 6.07) is 15.6. The number of hydrogen-bond donors (Lipinski definition) is 1. The highest BCUT2D eigenvalue weighted by Gasteiger charge is 2.21. The van der Waals surface area contributed by atoms with E-state index in [-0.39, 0.29) is 19.3 Å². The van der Waals surface area contributed by atoms with Gasteiger partial charge in [-0.3, -0.25) is 0 Å². The van der Waals surface area contributed by atoms with Crippen LogP contribution in [0, 0.1) is 0 Å². The van der Waals surface area contributed by atoms with Gasteiger partial charge in [-0.15, -0.1) is 5.10 Å². The summed E-state index contributed by atoms with van der Waals surface area (Å²) in [7, 11) is 1.64. The fourth-order valence-corrected chi connectivity index (χ4v) is 3.45. The zero-order chi connectivity index (χ0) is 20.1. The largest absolute Gasteiger partial charge is 0.497 e. The fraction of sp³-hybridized carbons (Fsp3) is 0.364. The van der Waals surface area contributed by atoms with Crippen molar-refractivity contribution in [1.29, 1.82) is 0 Å². The van der Waals surface area contributed by atoms with Crippen molar-refractivity contribution in [1.82, 2.24) is 14.8 Å². The molecule has 1 fully saturated rings. The van der Waals surface area contributed by atoms with E-state index < -0.39 is 0 Å². The molecule has 7 heteroatoms. The number of rotatable bonds is 8. The monoisotopic (exact) mass is 395 g/mol. The summed E-state index contributed by atoms with van der Waals surface area (Å²) in [5.41, 5.74) is 1.76. The zero-order valence-corrected chi connectivity index (χ0v) is 16.5. The normalized spacial score (nSPS) is 14.1. The van der Waals surface area contributed by atoms with Crippen LogP contribution in [0.3, 0.4) is 0 Å². The smallest absolute Gasteiger partial charge is 0.336 e. The molecule has 0 bridgehead atoms. The number of ether oxygens (including phenoxy) is 3. The van der Waals surface area contributed by atoms with Crippen LogP contribution >= 0.6 is 0 Å². The average Bonchev–Trinajstić information content (AvgIpc) is 3.43. The molecule has 0 spiro atoms. The standard InChI is InChI=1S/C22H25N3O4/c1-27-18-12-8-17(9-13-18)25-21(16-6-10-19(11-7-16)28-15-14-26)23-22(24-25)29-20-4-2-3-5-20/h6-13,20,26H,2-5,14-15H2,1H3. The Morgan fingerprint density at radius 2 is 1.69 bits per heavy atom. The van der Waals surface area contributed by atoms with Crippen LogP contribution in [0.1, 0.15) is 25.7 Å². The predicted octanol–water partition coefficient (Wildman–Crippen LogP) is 3.64. The minimum Gasteiger partial charge on any atom is -0.497 e. The summed E-state index contributed by atoms with van der Waals surface area (Å²) in [4.78, 5) is 4.67. The first-order valence-electron chi connectivity index (χ1n) is 9.89. The van der Waals surface area contributed by atoms with Crippen molar-refractivity contribution in [2.75, 3.05) is 20.3 Å². The van der Waals surface area contributed by atoms with Gasteiger partial charge in [0.15, 0.2) is 5.82 Å². The summed E-state index contributed by atoms with van der Waals surface area (Å²) >= 11 is 0. The quantitative estimate of drug-likeness (QED) is 0.627. The summed E-state index contributed by atoms with van der Waals surface area (Å²) in [6.45, 7) is 0.246. The number of methoxy groups -OCH3 is 1. The van der Waals surface area contributed by atoms with Crippen LogP contribution in [0.25, 0.3) is 17.1 Å². The molecule has 1 aromatic heterocycles. The van der Waals surface area contributed by atoms with Gasteiger partial charge in [0.05, 0.1) is 19.4 Å². The van der Waals surface area contributed by atoms with Gasteiger partial charge in [0.2, 0.25) is 0 Å². The maximum absolute atomic E-state index is 8.91. The lowest BCUT2D eigenvalue weighted by molar-refractivity contribution is 0.192. The molecule has 1 aliphatic rings. The van der Waals surface area contributed by atoms with Gasteiger partial charge in [0.25, 0.3) is 0 Å². The Kier molecular flexibility index (Phi) is 5.95. The minimum atomic E-state index is -0.0184. The molecule has 29 heavy (non-hydrogen) atoms. The number of nitrogens with zero attached hydrogens (tertiary/aromatic N) is 3. The van der Waals surface area contributed by atoms with Gasteiger partial charge < -0.3 is 19.3 Å². The zero-order valence-electron chi connectivity index (χ0n) is 16.5. The lowest BCUT2D eigenvalue weighted by atomic mass is 10.2. The van der Waals surface area contributed by atoms with E-state index in [1.807, 2.05) is 48.5 Å². The van der Waals surface area contributed by atoms with Crippen LogP contribution < -0.4 is 14.2 Å². The summed E-state index contributed by atoms with van der Waals surface area (Å²) < 4.78 is 18.5. The highest BCUT2D eigenvalue weighted by atomic mass is 16.5. The Hall–Kier alpha value is -3.06. The molecule has 4 rings (SSSR count). The number of hydrogen-bond acceptors (Lipinski definition) is 6. The SMILES string of the molecule is COc1ccc(-n2nc(OC3CCCC3)nc2-c2ccc(OCCO)cc2)cc1. The molecule has 0 amide bonds. The molecule has 0 saturated heterocycles. The van der Waals surface area contributed by atoms with Gasteiger partial charge in [-0.2, -0.15) is 4.98 Å². The van der Waals surface area contributed by atoms with Crippen LogP contribution in [0.2, 0.25) is 0 Å². The topological polar surface area (TPSA) is 78.6 Å². The molecule has 0 aliphatic heterocycles. The van der Waals surface area contributed by atoms with Crippen LogP contribution in [0.4, 0.5) is 0 Å². The highest BCUT2D eigenvalue weighted by Crippen LogP contribution is 2.28. The molecule has 1 heterocycles. The van der Waals surface area contributed by atoms with E-state index in [1.165, 1.54) is 12.8 Å². The van der Waals surface area contributed by atoms with Crippen molar-refractivity contribution in [2.45, 2.75) is 31.8 Å². The molecule has 0 atom stereocenters. The van der Waals surface area contributed by atoms with Crippen LogP contribution in [0.15, 0.2) is 48.5 Å². The maximum atomic E-state index is 8.91. The van der Waals surface area contributed by atoms with E-state index in [0.29, 0.717) is 17.6 Å². The van der Waals surface area contributed by atoms with E-state index in [2.05, 4.69) is 10.1 Å². The average molecular weight is 395 g/mol. The lowest BCUT2D eigenvalue weighted by Gasteiger charge is -2.08. The Morgan fingerprint density at radius 3 is 2.34 bits per heavy atom. The van der Waals surface area contributed by atoms with Gasteiger partial charge in [-0.05, 0) is 74.2 Å². The molecule has 7 nitrogen and oxygen atoms in total. The second-order valence-corrected chi connectivity index (χ2v) is 6.95. The van der Waals surface area contributed by atoms with Crippen molar-refractivity contribution >= 4 is 0 Å². The van der Waals surface area contributed by atoms with Gasteiger partial charge in [0.1, 0.15) is 24.2 Å². The fourth-order valence-electron chi connectivity index (χ4n) is 3.45. The molecule has 1 N–H and O–H groups in total. The molecule has 1 saturated carbocycles. The Morgan fingerprint density at radius 1 is 1.00 bits per heavy atom. The number of benzene rings is 2. The number of aromatic nitrogens is 3. The van der Waals surface area contributed by atoms with Gasteiger partial charge in [-0.25, -0.2) is 4.68 Å². The van der Waals surface area contributed by atoms with Gasteiger partial charge in [-0.1, -0.05) is 0 Å². The van der Waals surface area contributed by atoms with Crippen LogP contribution in [-0.2, 0) is 0 Å². The Bertz CT molecular complexity index is 916. The first-order chi connectivity index (χ1) is 14.3. The third-order valence-electron chi connectivity index (χ3n) is 4.95. The Labute approximate surface area is 169 Å². The van der Waals surface area contributed by atoms with E-state index in [9.17, 15) is 0 Å². The molecule has 1 aliphatic carbocycles. The third kappa shape index (κ3) is 4.51. The van der Waals surface area contributed by atoms with Crippen LogP contribution in [-0.4, -0.2) is 46.3 Å². The van der Waals surface area contributed by atoms with Crippen molar-refractivity contribution in [3.05, 3.63) is 48.5 Å². The summed E-state index contributed by atoms with van der Waals surface area (Å²) in [6.07, 6.45) is 4.65. The van der Waals surface area contributed by atoms with E-state index >= 15 is 0 Å². The summed E-state index contributed by atoms with van der Waals surface area (Å²) in [5.74, 6) is 2.17. The van der Waals surface area contributed by atoms with Crippen LogP contribution in [0.5, 0.6) is 17.5 Å². The maximum Gasteiger partial charge on any atom is 0.336 e. The van der Waals surface area contributed by atoms with Crippen molar-refractivity contribution in [3.8, 4) is 34.6 Å². The van der Waals surface area contributed by atoms with E-state index in [0.717, 1.165) is 29.8 Å². The second kappa shape index (κ2) is 8.96. The second-order valence-electron chi connectivity index (χ2n) is 6.95. The van der Waals surface area contributed by atoms with Gasteiger partial charge in [0, 0.05) is 5.56 Å². The molecular weight excluding hydrogens is 370 g/mol. The first-order valence-corrected chi connectivity index (χ1v) is 9.89. The lowest BCUT2D eigenvalue weighted by Crippen LogP contribution is -2.12. The Balaban J connectivity index is 1.66. The predicted molar refractivity (Wildman–Crippen MR) is 109 cm³/mol. The third-order valence-corrected chi connectivity index (χ3v) is 4.95. The number of aliphatic hydroxyl groups is 1. The van der Waals surface area contributed by atoms with Crippen molar-refractivity contribution in [2.24, 2.45) is 0 Å². The van der Waals surface area contributed by atoms with Crippen molar-refractivity contribution < 1.29 is 19.3 Å².